The van der Waals surface area contributed by atoms with E-state index < -0.39 is 0 Å². The van der Waals surface area contributed by atoms with Gasteiger partial charge in [-0.25, -0.2) is 0 Å². The van der Waals surface area contributed by atoms with Crippen LogP contribution in [0, 0.1) is 11.3 Å². The molecule has 1 aliphatic rings. The molecular formula is C13H21ClN2S. The molecule has 0 aromatic carbocycles. The molecule has 1 aliphatic carbocycles. The van der Waals surface area contributed by atoms with Gasteiger partial charge < -0.3 is 0 Å². The van der Waals surface area contributed by atoms with Gasteiger partial charge >= 0.3 is 0 Å². The quantitative estimate of drug-likeness (QED) is 0.642. The highest BCUT2D eigenvalue weighted by Gasteiger charge is 2.32. The van der Waals surface area contributed by atoms with E-state index in [9.17, 15) is 0 Å². The van der Waals surface area contributed by atoms with E-state index in [-0.39, 0.29) is 6.04 Å². The van der Waals surface area contributed by atoms with Crippen molar-refractivity contribution in [3.63, 3.8) is 0 Å². The molecule has 0 bridgehead atoms. The zero-order valence-corrected chi connectivity index (χ0v) is 12.1. The van der Waals surface area contributed by atoms with Crippen LogP contribution in [-0.4, -0.2) is 0 Å². The molecule has 2 nitrogen and oxygen atoms in total. The van der Waals surface area contributed by atoms with E-state index in [0.29, 0.717) is 11.3 Å². The van der Waals surface area contributed by atoms with Gasteiger partial charge in [0.2, 0.25) is 0 Å². The number of nitrogens with one attached hydrogen (secondary N) is 1. The summed E-state index contributed by atoms with van der Waals surface area (Å²) >= 11 is 7.63. The molecule has 1 saturated carbocycles. The second-order valence-corrected chi connectivity index (χ2v) is 7.53. The summed E-state index contributed by atoms with van der Waals surface area (Å²) in [5.74, 6) is 6.37. The van der Waals surface area contributed by atoms with Gasteiger partial charge in [0.25, 0.3) is 0 Å². The molecule has 1 heterocycles. The maximum absolute atomic E-state index is 6.00. The monoisotopic (exact) mass is 272 g/mol. The Morgan fingerprint density at radius 2 is 2.06 bits per heavy atom. The average molecular weight is 273 g/mol. The normalized spacial score (nSPS) is 22.6. The first-order chi connectivity index (χ1) is 8.02. The Morgan fingerprint density at radius 3 is 2.53 bits per heavy atom. The Morgan fingerprint density at radius 1 is 1.41 bits per heavy atom. The molecule has 0 saturated heterocycles. The minimum Gasteiger partial charge on any atom is -0.271 e. The number of halogens is 1. The molecule has 3 N–H and O–H groups in total. The van der Waals surface area contributed by atoms with Crippen molar-refractivity contribution in [3.8, 4) is 0 Å². The fourth-order valence-electron chi connectivity index (χ4n) is 2.70. The lowest BCUT2D eigenvalue weighted by Gasteiger charge is -2.37. The van der Waals surface area contributed by atoms with E-state index in [4.69, 9.17) is 17.4 Å². The van der Waals surface area contributed by atoms with Gasteiger partial charge in [-0.05, 0) is 49.1 Å². The average Bonchev–Trinajstić information content (AvgIpc) is 2.68. The van der Waals surface area contributed by atoms with Crippen molar-refractivity contribution in [1.82, 2.24) is 5.43 Å². The van der Waals surface area contributed by atoms with Gasteiger partial charge in [0.05, 0.1) is 10.4 Å². The summed E-state index contributed by atoms with van der Waals surface area (Å²) in [5.41, 5.74) is 3.48. The zero-order valence-electron chi connectivity index (χ0n) is 10.5. The van der Waals surface area contributed by atoms with E-state index in [2.05, 4.69) is 25.3 Å². The number of nitrogens with two attached hydrogens (primary N) is 1. The maximum atomic E-state index is 6.00. The fourth-order valence-corrected chi connectivity index (χ4v) is 3.92. The van der Waals surface area contributed by atoms with Crippen LogP contribution in [0.2, 0.25) is 4.34 Å². The lowest BCUT2D eigenvalue weighted by atomic mass is 9.71. The first kappa shape index (κ1) is 13.3. The van der Waals surface area contributed by atoms with Crippen LogP contribution < -0.4 is 11.3 Å². The molecule has 0 spiro atoms. The fraction of sp³-hybridized carbons (Fsp3) is 0.692. The molecule has 17 heavy (non-hydrogen) atoms. The van der Waals surface area contributed by atoms with Crippen molar-refractivity contribution in [2.75, 3.05) is 0 Å². The summed E-state index contributed by atoms with van der Waals surface area (Å²) in [6.07, 6.45) is 5.07. The van der Waals surface area contributed by atoms with Gasteiger partial charge in [0, 0.05) is 4.88 Å². The van der Waals surface area contributed by atoms with Crippen LogP contribution in [0.3, 0.4) is 0 Å². The SMILES string of the molecule is CC1(C)CCC(C(NN)c2ccc(Cl)s2)CC1. The van der Waals surface area contributed by atoms with Crippen molar-refractivity contribution in [2.24, 2.45) is 17.2 Å². The van der Waals surface area contributed by atoms with E-state index in [1.54, 1.807) is 11.3 Å². The molecule has 1 aromatic heterocycles. The van der Waals surface area contributed by atoms with E-state index in [1.807, 2.05) is 6.07 Å². The number of hydrazine groups is 1. The van der Waals surface area contributed by atoms with E-state index in [1.165, 1.54) is 30.6 Å². The molecule has 4 heteroatoms. The molecule has 1 atom stereocenters. The highest BCUT2D eigenvalue weighted by molar-refractivity contribution is 7.16. The molecule has 0 amide bonds. The summed E-state index contributed by atoms with van der Waals surface area (Å²) in [5, 5.41) is 0. The summed E-state index contributed by atoms with van der Waals surface area (Å²) in [4.78, 5) is 1.27. The van der Waals surface area contributed by atoms with E-state index in [0.717, 1.165) is 4.34 Å². The number of hydrogen-bond acceptors (Lipinski definition) is 3. The summed E-state index contributed by atoms with van der Waals surface area (Å²) in [7, 11) is 0. The Bertz CT molecular complexity index is 365. The topological polar surface area (TPSA) is 38.0 Å². The Labute approximate surface area is 113 Å². The van der Waals surface area contributed by atoms with Crippen molar-refractivity contribution in [2.45, 2.75) is 45.6 Å². The molecule has 1 fully saturated rings. The molecule has 0 aliphatic heterocycles. The first-order valence-electron chi connectivity index (χ1n) is 6.23. The smallest absolute Gasteiger partial charge is 0.0931 e. The summed E-state index contributed by atoms with van der Waals surface area (Å²) in [6, 6.07) is 4.32. The summed E-state index contributed by atoms with van der Waals surface area (Å²) < 4.78 is 0.844. The highest BCUT2D eigenvalue weighted by Crippen LogP contribution is 2.43. The third-order valence-electron chi connectivity index (χ3n) is 3.94. The van der Waals surface area contributed by atoms with Gasteiger partial charge in [-0.2, -0.15) is 0 Å². The molecule has 2 rings (SSSR count). The largest absolute Gasteiger partial charge is 0.271 e. The van der Waals surface area contributed by atoms with Crippen molar-refractivity contribution < 1.29 is 0 Å². The van der Waals surface area contributed by atoms with Crippen LogP contribution in [0.5, 0.6) is 0 Å². The highest BCUT2D eigenvalue weighted by atomic mass is 35.5. The molecule has 0 radical (unpaired) electrons. The lowest BCUT2D eigenvalue weighted by molar-refractivity contribution is 0.162. The molecular weight excluding hydrogens is 252 g/mol. The van der Waals surface area contributed by atoms with Crippen LogP contribution in [0.25, 0.3) is 0 Å². The third-order valence-corrected chi connectivity index (χ3v) is 5.25. The van der Waals surface area contributed by atoms with Crippen LogP contribution in [0.4, 0.5) is 0 Å². The van der Waals surface area contributed by atoms with E-state index >= 15 is 0 Å². The Balaban J connectivity index is 2.05. The van der Waals surface area contributed by atoms with Crippen molar-refractivity contribution >= 4 is 22.9 Å². The molecule has 96 valence electrons. The molecule has 1 aromatic rings. The van der Waals surface area contributed by atoms with Gasteiger partial charge in [-0.15, -0.1) is 11.3 Å². The van der Waals surface area contributed by atoms with Crippen LogP contribution in [0.1, 0.15) is 50.4 Å². The number of hydrogen-bond donors (Lipinski definition) is 2. The van der Waals surface area contributed by atoms with Crippen LogP contribution >= 0.6 is 22.9 Å². The van der Waals surface area contributed by atoms with Gasteiger partial charge in [0.1, 0.15) is 0 Å². The predicted molar refractivity (Wildman–Crippen MR) is 75.1 cm³/mol. The first-order valence-corrected chi connectivity index (χ1v) is 7.43. The van der Waals surface area contributed by atoms with Crippen molar-refractivity contribution in [1.29, 1.82) is 0 Å². The second kappa shape index (κ2) is 5.27. The number of rotatable bonds is 3. The predicted octanol–water partition coefficient (Wildman–Crippen LogP) is 4.12. The Kier molecular flexibility index (Phi) is 4.14. The number of thiophene rings is 1. The minimum absolute atomic E-state index is 0.267. The minimum atomic E-state index is 0.267. The second-order valence-electron chi connectivity index (χ2n) is 5.79. The van der Waals surface area contributed by atoms with Crippen LogP contribution in [0.15, 0.2) is 12.1 Å². The third kappa shape index (κ3) is 3.22. The van der Waals surface area contributed by atoms with Crippen molar-refractivity contribution in [3.05, 3.63) is 21.3 Å². The van der Waals surface area contributed by atoms with Gasteiger partial charge in [-0.3, -0.25) is 11.3 Å². The van der Waals surface area contributed by atoms with Gasteiger partial charge in [-0.1, -0.05) is 25.4 Å². The zero-order chi connectivity index (χ0) is 12.5. The standard InChI is InChI=1S/C13H21ClN2S/c1-13(2)7-5-9(6-8-13)12(16-15)10-3-4-11(14)17-10/h3-4,9,12,16H,5-8,15H2,1-2H3. The molecule has 1 unspecified atom stereocenters. The van der Waals surface area contributed by atoms with Crippen LogP contribution in [-0.2, 0) is 0 Å². The summed E-state index contributed by atoms with van der Waals surface area (Å²) in [6.45, 7) is 4.71. The maximum Gasteiger partial charge on any atom is 0.0931 e. The Hall–Kier alpha value is -0.0900. The van der Waals surface area contributed by atoms with Gasteiger partial charge in [0.15, 0.2) is 0 Å². The lowest BCUT2D eigenvalue weighted by Crippen LogP contribution is -2.36.